The van der Waals surface area contributed by atoms with Gasteiger partial charge in [0.25, 0.3) is 0 Å². The predicted octanol–water partition coefficient (Wildman–Crippen LogP) is 3.04. The van der Waals surface area contributed by atoms with Gasteiger partial charge in [0, 0.05) is 0 Å². The maximum absolute atomic E-state index is 13.6. The Balaban J connectivity index is 4.04. The van der Waals surface area contributed by atoms with Crippen LogP contribution in [-0.2, 0) is 9.59 Å². The standard InChI is InChI=1S/C9H3F11O2/c1-4(12)7(15,16)5(13,2(10)21)9(19,20)6(14,3(11)22)8(4,17)18/h1H3. The molecule has 2 nitrogen and oxygen atoms in total. The zero-order valence-corrected chi connectivity index (χ0v) is 9.97. The quantitative estimate of drug-likeness (QED) is 0.566. The van der Waals surface area contributed by atoms with E-state index in [1.807, 2.05) is 0 Å². The Morgan fingerprint density at radius 2 is 0.818 bits per heavy atom. The summed E-state index contributed by atoms with van der Waals surface area (Å²) in [7, 11) is 0. The fourth-order valence-electron chi connectivity index (χ4n) is 1.97. The summed E-state index contributed by atoms with van der Waals surface area (Å²) in [5.41, 5.74) is -19.8. The van der Waals surface area contributed by atoms with Gasteiger partial charge in [0.05, 0.1) is 0 Å². The summed E-state index contributed by atoms with van der Waals surface area (Å²) in [5, 5.41) is 0. The normalized spacial score (nSPS) is 42.7. The third-order valence-corrected chi connectivity index (χ3v) is 3.45. The lowest BCUT2D eigenvalue weighted by Gasteiger charge is -2.54. The summed E-state index contributed by atoms with van der Waals surface area (Å²) >= 11 is 0. The highest BCUT2D eigenvalue weighted by atomic mass is 19.3. The molecule has 0 heterocycles. The largest absolute Gasteiger partial charge is 0.351 e. The number of carbonyl (C=O) groups excluding carboxylic acids is 2. The number of halogens is 11. The van der Waals surface area contributed by atoms with Crippen LogP contribution in [0.3, 0.4) is 0 Å². The minimum absolute atomic E-state index is 1.09. The highest BCUT2D eigenvalue weighted by molar-refractivity contribution is 5.89. The molecule has 0 N–H and O–H groups in total. The number of carbonyl (C=O) groups is 2. The molecule has 0 aromatic rings. The van der Waals surface area contributed by atoms with Crippen molar-refractivity contribution in [3.8, 4) is 0 Å². The summed E-state index contributed by atoms with van der Waals surface area (Å²) < 4.78 is 145. The first-order valence-electron chi connectivity index (χ1n) is 4.99. The van der Waals surface area contributed by atoms with E-state index in [-0.39, 0.29) is 0 Å². The van der Waals surface area contributed by atoms with E-state index in [2.05, 4.69) is 0 Å². The van der Waals surface area contributed by atoms with Crippen molar-refractivity contribution in [1.82, 2.24) is 0 Å². The van der Waals surface area contributed by atoms with Crippen LogP contribution in [0, 0.1) is 0 Å². The molecule has 0 radical (unpaired) electrons. The van der Waals surface area contributed by atoms with E-state index < -0.39 is 53.8 Å². The Labute approximate surface area is 113 Å². The van der Waals surface area contributed by atoms with Gasteiger partial charge in [-0.25, -0.2) is 13.2 Å². The van der Waals surface area contributed by atoms with Crippen LogP contribution in [0.5, 0.6) is 0 Å². The molecule has 0 aromatic heterocycles. The number of hydrogen-bond donors (Lipinski definition) is 0. The molecule has 22 heavy (non-hydrogen) atoms. The third kappa shape index (κ3) is 1.37. The fraction of sp³-hybridized carbons (Fsp3) is 0.778. The van der Waals surface area contributed by atoms with Gasteiger partial charge in [0.1, 0.15) is 0 Å². The Bertz CT molecular complexity index is 498. The average molecular weight is 352 g/mol. The summed E-state index contributed by atoms with van der Waals surface area (Å²) in [4.78, 5) is 20.3. The molecule has 0 bridgehead atoms. The molecule has 0 aliphatic heterocycles. The van der Waals surface area contributed by atoms with Gasteiger partial charge >= 0.3 is 41.2 Å². The van der Waals surface area contributed by atoms with Crippen LogP contribution in [0.25, 0.3) is 0 Å². The smallest absolute Gasteiger partial charge is 0.257 e. The molecule has 1 aliphatic rings. The van der Waals surface area contributed by atoms with E-state index in [9.17, 15) is 57.9 Å². The van der Waals surface area contributed by atoms with Gasteiger partial charge in [0.15, 0.2) is 0 Å². The maximum atomic E-state index is 13.6. The van der Waals surface area contributed by atoms with Crippen molar-refractivity contribution in [1.29, 1.82) is 0 Å². The summed E-state index contributed by atoms with van der Waals surface area (Å²) in [6.45, 7) is -1.09. The van der Waals surface area contributed by atoms with Crippen LogP contribution < -0.4 is 0 Å². The second-order valence-corrected chi connectivity index (χ2v) is 4.59. The lowest BCUT2D eigenvalue weighted by atomic mass is 9.62. The number of rotatable bonds is 2. The molecular weight excluding hydrogens is 349 g/mol. The lowest BCUT2D eigenvalue weighted by Crippen LogP contribution is -2.87. The second kappa shape index (κ2) is 4.10. The molecule has 1 saturated carbocycles. The van der Waals surface area contributed by atoms with Crippen molar-refractivity contribution in [2.75, 3.05) is 0 Å². The van der Waals surface area contributed by atoms with E-state index in [1.54, 1.807) is 0 Å². The fourth-order valence-corrected chi connectivity index (χ4v) is 1.97. The van der Waals surface area contributed by atoms with Crippen LogP contribution in [0.15, 0.2) is 0 Å². The molecule has 128 valence electrons. The first kappa shape index (κ1) is 18.6. The van der Waals surface area contributed by atoms with Gasteiger partial charge in [-0.2, -0.15) is 35.1 Å². The summed E-state index contributed by atoms with van der Waals surface area (Å²) in [6, 6.07) is -8.93. The second-order valence-electron chi connectivity index (χ2n) is 4.59. The molecular formula is C9H3F11O2. The Morgan fingerprint density at radius 1 is 0.591 bits per heavy atom. The minimum atomic E-state index is -7.27. The predicted molar refractivity (Wildman–Crippen MR) is 44.3 cm³/mol. The topological polar surface area (TPSA) is 34.1 Å². The van der Waals surface area contributed by atoms with Gasteiger partial charge in [0.2, 0.25) is 5.67 Å². The van der Waals surface area contributed by atoms with E-state index in [4.69, 9.17) is 0 Å². The van der Waals surface area contributed by atoms with Crippen LogP contribution in [-0.4, -0.2) is 46.8 Å². The lowest BCUT2D eigenvalue weighted by molar-refractivity contribution is -0.412. The van der Waals surface area contributed by atoms with Gasteiger partial charge in [-0.3, -0.25) is 9.59 Å². The summed E-state index contributed by atoms with van der Waals surface area (Å²) in [5.74, 6) is -21.0. The van der Waals surface area contributed by atoms with Crippen molar-refractivity contribution < 1.29 is 57.9 Å². The Morgan fingerprint density at radius 3 is 1.00 bits per heavy atom. The minimum Gasteiger partial charge on any atom is -0.257 e. The van der Waals surface area contributed by atoms with Gasteiger partial charge < -0.3 is 0 Å². The SMILES string of the molecule is CC1(F)C(F)(F)C(F)(C(=O)F)C(F)(F)C(F)(C(=O)F)C1(F)F. The van der Waals surface area contributed by atoms with E-state index in [0.29, 0.717) is 0 Å². The zero-order chi connectivity index (χ0) is 18.2. The monoisotopic (exact) mass is 352 g/mol. The molecule has 2 atom stereocenters. The van der Waals surface area contributed by atoms with Crippen molar-refractivity contribution in [2.45, 2.75) is 41.7 Å². The highest BCUT2D eigenvalue weighted by Gasteiger charge is 3.01. The van der Waals surface area contributed by atoms with Gasteiger partial charge in [-0.15, -0.1) is 0 Å². The molecule has 0 amide bonds. The molecule has 1 rings (SSSR count). The van der Waals surface area contributed by atoms with Gasteiger partial charge in [-0.1, -0.05) is 0 Å². The van der Waals surface area contributed by atoms with E-state index in [1.165, 1.54) is 0 Å². The Kier molecular flexibility index (Phi) is 3.47. The number of hydrogen-bond acceptors (Lipinski definition) is 2. The maximum Gasteiger partial charge on any atom is 0.351 e. The van der Waals surface area contributed by atoms with Crippen molar-refractivity contribution in [3.63, 3.8) is 0 Å². The van der Waals surface area contributed by atoms with Crippen molar-refractivity contribution in [3.05, 3.63) is 0 Å². The van der Waals surface area contributed by atoms with Crippen LogP contribution in [0.1, 0.15) is 6.92 Å². The van der Waals surface area contributed by atoms with E-state index in [0.717, 1.165) is 0 Å². The van der Waals surface area contributed by atoms with Gasteiger partial charge in [-0.05, 0) is 6.92 Å². The molecule has 2 unspecified atom stereocenters. The molecule has 13 heteroatoms. The molecule has 0 spiro atoms. The van der Waals surface area contributed by atoms with Crippen molar-refractivity contribution >= 4 is 12.1 Å². The van der Waals surface area contributed by atoms with Crippen LogP contribution in [0.2, 0.25) is 0 Å². The molecule has 0 saturated heterocycles. The third-order valence-electron chi connectivity index (χ3n) is 3.45. The first-order valence-corrected chi connectivity index (χ1v) is 4.99. The molecule has 0 aromatic carbocycles. The average Bonchev–Trinajstić information content (AvgIpc) is 2.33. The Hall–Kier alpha value is -1.43. The van der Waals surface area contributed by atoms with Crippen LogP contribution in [0.4, 0.5) is 48.3 Å². The van der Waals surface area contributed by atoms with Crippen LogP contribution >= 0.6 is 0 Å². The number of alkyl halides is 9. The highest BCUT2D eigenvalue weighted by Crippen LogP contribution is 2.68. The summed E-state index contributed by atoms with van der Waals surface area (Å²) in [6.07, 6.45) is 0. The molecule has 1 aliphatic carbocycles. The van der Waals surface area contributed by atoms with Crippen molar-refractivity contribution in [2.24, 2.45) is 0 Å². The molecule has 1 fully saturated rings. The zero-order valence-electron chi connectivity index (χ0n) is 9.97. The first-order chi connectivity index (χ1) is 9.39. The van der Waals surface area contributed by atoms with E-state index >= 15 is 0 Å².